The van der Waals surface area contributed by atoms with Gasteiger partial charge in [0.15, 0.2) is 0 Å². The highest BCUT2D eigenvalue weighted by atomic mass is 32.2. The Morgan fingerprint density at radius 3 is 2.73 bits per heavy atom. The van der Waals surface area contributed by atoms with Crippen LogP contribution >= 0.6 is 11.8 Å². The molecule has 2 unspecified atom stereocenters. The van der Waals surface area contributed by atoms with Crippen molar-refractivity contribution in [3.63, 3.8) is 0 Å². The van der Waals surface area contributed by atoms with Crippen LogP contribution in [0.3, 0.4) is 0 Å². The molecule has 0 saturated carbocycles. The van der Waals surface area contributed by atoms with Gasteiger partial charge in [-0.15, -0.1) is 0 Å². The highest BCUT2D eigenvalue weighted by Gasteiger charge is 2.42. The summed E-state index contributed by atoms with van der Waals surface area (Å²) in [5.74, 6) is -0.0491. The molecule has 3 amide bonds. The Balaban J connectivity index is 2.94. The first-order valence-electron chi connectivity index (χ1n) is 9.40. The van der Waals surface area contributed by atoms with E-state index in [4.69, 9.17) is 0 Å². The maximum atomic E-state index is 13.0. The summed E-state index contributed by atoms with van der Waals surface area (Å²) in [6.07, 6.45) is 3.44. The lowest BCUT2D eigenvalue weighted by molar-refractivity contribution is -0.155. The van der Waals surface area contributed by atoms with E-state index >= 15 is 0 Å². The van der Waals surface area contributed by atoms with Crippen LogP contribution in [0.1, 0.15) is 53.4 Å². The molecule has 7 nitrogen and oxygen atoms in total. The molecule has 1 aliphatic rings. The molecule has 0 aromatic heterocycles. The summed E-state index contributed by atoms with van der Waals surface area (Å²) in [5, 5.41) is 12.9. The van der Waals surface area contributed by atoms with Gasteiger partial charge in [-0.2, -0.15) is 11.8 Å². The zero-order valence-electron chi connectivity index (χ0n) is 16.4. The van der Waals surface area contributed by atoms with E-state index in [1.54, 1.807) is 11.8 Å². The van der Waals surface area contributed by atoms with Crippen molar-refractivity contribution in [3.8, 4) is 0 Å². The van der Waals surface area contributed by atoms with Gasteiger partial charge in [0, 0.05) is 23.6 Å². The van der Waals surface area contributed by atoms with E-state index in [0.717, 1.165) is 25.0 Å². The van der Waals surface area contributed by atoms with E-state index in [9.17, 15) is 19.6 Å². The second-order valence-corrected chi connectivity index (χ2v) is 9.03. The highest BCUT2D eigenvalue weighted by Crippen LogP contribution is 2.32. The number of nitrogens with zero attached hydrogens (tertiary/aromatic N) is 2. The average Bonchev–Trinajstić information content (AvgIpc) is 2.70. The maximum Gasteiger partial charge on any atom is 0.246 e. The molecule has 8 heteroatoms. The second-order valence-electron chi connectivity index (χ2n) is 7.29. The Hall–Kier alpha value is -1.28. The molecule has 150 valence electrons. The maximum absolute atomic E-state index is 13.0. The number of carbonyl (C=O) groups excluding carboxylic acids is 3. The molecule has 2 atom stereocenters. The molecule has 0 aromatic rings. The van der Waals surface area contributed by atoms with Gasteiger partial charge in [-0.1, -0.05) is 26.7 Å². The summed E-state index contributed by atoms with van der Waals surface area (Å²) in [5.41, 5.74) is 0. The fourth-order valence-corrected chi connectivity index (χ4v) is 4.27. The van der Waals surface area contributed by atoms with E-state index in [1.807, 2.05) is 32.6 Å². The SMILES string of the molecule is CCCCC(CN(O)C=O)C(=O)NC1C(=O)N(CCC)CCSC1(C)C. The normalized spacial score (nSPS) is 21.0. The predicted molar refractivity (Wildman–Crippen MR) is 103 cm³/mol. The van der Waals surface area contributed by atoms with Crippen LogP contribution < -0.4 is 5.32 Å². The van der Waals surface area contributed by atoms with Crippen molar-refractivity contribution in [2.45, 2.75) is 64.2 Å². The summed E-state index contributed by atoms with van der Waals surface area (Å²) in [6.45, 7) is 9.28. The van der Waals surface area contributed by atoms with Crippen molar-refractivity contribution in [1.82, 2.24) is 15.3 Å². The van der Waals surface area contributed by atoms with Crippen LogP contribution in [-0.2, 0) is 14.4 Å². The Bertz CT molecular complexity index is 487. The molecule has 1 aliphatic heterocycles. The quantitative estimate of drug-likeness (QED) is 0.339. The molecule has 1 fully saturated rings. The molecule has 1 saturated heterocycles. The summed E-state index contributed by atoms with van der Waals surface area (Å²) in [4.78, 5) is 38.4. The van der Waals surface area contributed by atoms with Crippen molar-refractivity contribution in [2.24, 2.45) is 5.92 Å². The third kappa shape index (κ3) is 6.46. The van der Waals surface area contributed by atoms with Crippen LogP contribution in [0.4, 0.5) is 0 Å². The van der Waals surface area contributed by atoms with Gasteiger partial charge in [0.05, 0.1) is 12.5 Å². The van der Waals surface area contributed by atoms with Gasteiger partial charge in [-0.05, 0) is 26.7 Å². The van der Waals surface area contributed by atoms with Gasteiger partial charge in [0.1, 0.15) is 6.04 Å². The van der Waals surface area contributed by atoms with Crippen LogP contribution in [0, 0.1) is 5.92 Å². The first-order valence-corrected chi connectivity index (χ1v) is 10.4. The van der Waals surface area contributed by atoms with Crippen molar-refractivity contribution in [3.05, 3.63) is 0 Å². The largest absolute Gasteiger partial charge is 0.343 e. The minimum absolute atomic E-state index is 0.0549. The molecule has 0 aliphatic carbocycles. The number of nitrogens with one attached hydrogen (secondary N) is 1. The fourth-order valence-electron chi connectivity index (χ4n) is 3.10. The smallest absolute Gasteiger partial charge is 0.246 e. The molecule has 0 bridgehead atoms. The van der Waals surface area contributed by atoms with E-state index in [1.165, 1.54) is 0 Å². The number of thioether (sulfide) groups is 1. The van der Waals surface area contributed by atoms with Crippen molar-refractivity contribution in [2.75, 3.05) is 25.4 Å². The molecule has 0 radical (unpaired) electrons. The number of hydrogen-bond acceptors (Lipinski definition) is 5. The number of unbranched alkanes of at least 4 members (excludes halogenated alkanes) is 1. The highest BCUT2D eigenvalue weighted by molar-refractivity contribution is 8.00. The summed E-state index contributed by atoms with van der Waals surface area (Å²) < 4.78 is -0.423. The van der Waals surface area contributed by atoms with Crippen LogP contribution in [0.5, 0.6) is 0 Å². The van der Waals surface area contributed by atoms with Crippen molar-refractivity contribution in [1.29, 1.82) is 0 Å². The second kappa shape index (κ2) is 10.8. The van der Waals surface area contributed by atoms with Gasteiger partial charge in [0.2, 0.25) is 18.2 Å². The van der Waals surface area contributed by atoms with E-state index < -0.39 is 16.7 Å². The predicted octanol–water partition coefficient (Wildman–Crippen LogP) is 1.89. The minimum atomic E-state index is -0.624. The minimum Gasteiger partial charge on any atom is -0.343 e. The van der Waals surface area contributed by atoms with Crippen molar-refractivity contribution < 1.29 is 19.6 Å². The standard InChI is InChI=1S/C18H33N3O4S/c1-5-7-8-14(12-21(25)13-22)16(23)19-15-17(24)20(9-6-2)10-11-26-18(15,3)4/h13-15,25H,5-12H2,1-4H3,(H,19,23). The Labute approximate surface area is 160 Å². The van der Waals surface area contributed by atoms with Gasteiger partial charge >= 0.3 is 0 Å². The fraction of sp³-hybridized carbons (Fsp3) is 0.833. The van der Waals surface area contributed by atoms with Crippen LogP contribution in [-0.4, -0.2) is 69.6 Å². The Morgan fingerprint density at radius 1 is 1.46 bits per heavy atom. The zero-order chi connectivity index (χ0) is 19.7. The molecular weight excluding hydrogens is 354 g/mol. The first-order chi connectivity index (χ1) is 12.3. The first kappa shape index (κ1) is 22.8. The molecule has 1 heterocycles. The third-order valence-corrected chi connectivity index (χ3v) is 6.04. The number of hydrogen-bond donors (Lipinski definition) is 2. The molecule has 26 heavy (non-hydrogen) atoms. The number of rotatable bonds is 10. The topological polar surface area (TPSA) is 90.0 Å². The lowest BCUT2D eigenvalue weighted by Gasteiger charge is -2.34. The van der Waals surface area contributed by atoms with Gasteiger partial charge < -0.3 is 10.2 Å². The van der Waals surface area contributed by atoms with E-state index in [0.29, 0.717) is 31.0 Å². The Morgan fingerprint density at radius 2 is 2.15 bits per heavy atom. The molecule has 0 spiro atoms. The zero-order valence-corrected chi connectivity index (χ0v) is 17.2. The average molecular weight is 388 g/mol. The van der Waals surface area contributed by atoms with Crippen LogP contribution in [0.25, 0.3) is 0 Å². The van der Waals surface area contributed by atoms with Crippen LogP contribution in [0.2, 0.25) is 0 Å². The van der Waals surface area contributed by atoms with Gasteiger partial charge in [-0.25, -0.2) is 5.06 Å². The lowest BCUT2D eigenvalue weighted by atomic mass is 9.97. The lowest BCUT2D eigenvalue weighted by Crippen LogP contribution is -2.57. The molecule has 0 aromatic carbocycles. The summed E-state index contributed by atoms with van der Waals surface area (Å²) >= 11 is 1.68. The summed E-state index contributed by atoms with van der Waals surface area (Å²) in [7, 11) is 0. The molecule has 2 N–H and O–H groups in total. The van der Waals surface area contributed by atoms with E-state index in [2.05, 4.69) is 5.32 Å². The number of amides is 3. The third-order valence-electron chi connectivity index (χ3n) is 4.68. The summed E-state index contributed by atoms with van der Waals surface area (Å²) in [6, 6.07) is -0.624. The number of carbonyl (C=O) groups is 3. The van der Waals surface area contributed by atoms with Crippen LogP contribution in [0.15, 0.2) is 0 Å². The molecule has 1 rings (SSSR count). The van der Waals surface area contributed by atoms with Gasteiger partial charge in [0.25, 0.3) is 0 Å². The number of hydroxylamine groups is 2. The van der Waals surface area contributed by atoms with Gasteiger partial charge in [-0.3, -0.25) is 19.6 Å². The van der Waals surface area contributed by atoms with Crippen molar-refractivity contribution >= 4 is 30.0 Å². The van der Waals surface area contributed by atoms with E-state index in [-0.39, 0.29) is 18.4 Å². The monoisotopic (exact) mass is 387 g/mol. The Kier molecular flexibility index (Phi) is 9.43. The molecular formula is C18H33N3O4S.